The van der Waals surface area contributed by atoms with E-state index in [2.05, 4.69) is 0 Å². The van der Waals surface area contributed by atoms with Gasteiger partial charge in [0.15, 0.2) is 0 Å². The van der Waals surface area contributed by atoms with E-state index in [0.717, 1.165) is 4.70 Å². The summed E-state index contributed by atoms with van der Waals surface area (Å²) in [6.45, 7) is 0. The summed E-state index contributed by atoms with van der Waals surface area (Å²) in [4.78, 5) is 0. The van der Waals surface area contributed by atoms with Crippen LogP contribution in [0.15, 0.2) is 17.5 Å². The summed E-state index contributed by atoms with van der Waals surface area (Å²) in [5, 5.41) is 30.3. The third-order valence-corrected chi connectivity index (χ3v) is 2.93. The standard InChI is InChI=1S/C10H7NO2S/c11-3-1-6-8(12)5-9-7(10(6)13)2-4-14-9/h2,4-5,12-13H,1H2. The Labute approximate surface area is 84.5 Å². The molecule has 0 radical (unpaired) electrons. The van der Waals surface area contributed by atoms with E-state index in [1.165, 1.54) is 11.3 Å². The third-order valence-electron chi connectivity index (χ3n) is 2.07. The molecule has 0 saturated carbocycles. The molecule has 0 amide bonds. The number of hydrogen-bond acceptors (Lipinski definition) is 4. The molecule has 2 rings (SSSR count). The topological polar surface area (TPSA) is 64.2 Å². The van der Waals surface area contributed by atoms with Crippen molar-refractivity contribution in [3.8, 4) is 17.6 Å². The zero-order valence-corrected chi connectivity index (χ0v) is 8.01. The van der Waals surface area contributed by atoms with Gasteiger partial charge in [-0.3, -0.25) is 0 Å². The van der Waals surface area contributed by atoms with Crippen molar-refractivity contribution in [1.82, 2.24) is 0 Å². The Bertz CT molecular complexity index is 525. The lowest BCUT2D eigenvalue weighted by Gasteiger charge is -2.04. The van der Waals surface area contributed by atoms with Crippen LogP contribution in [0.2, 0.25) is 0 Å². The van der Waals surface area contributed by atoms with Crippen molar-refractivity contribution in [3.05, 3.63) is 23.1 Å². The second-order valence-corrected chi connectivity index (χ2v) is 3.84. The van der Waals surface area contributed by atoms with E-state index in [-0.39, 0.29) is 17.9 Å². The van der Waals surface area contributed by atoms with E-state index in [4.69, 9.17) is 5.26 Å². The van der Waals surface area contributed by atoms with Crippen LogP contribution < -0.4 is 0 Å². The van der Waals surface area contributed by atoms with Gasteiger partial charge in [0, 0.05) is 10.1 Å². The molecule has 0 unspecified atom stereocenters. The number of phenolic OH excluding ortho intramolecular Hbond substituents is 2. The molecule has 1 heterocycles. The van der Waals surface area contributed by atoms with Crippen LogP contribution in [-0.2, 0) is 6.42 Å². The van der Waals surface area contributed by atoms with Crippen molar-refractivity contribution >= 4 is 21.4 Å². The Morgan fingerprint density at radius 3 is 2.93 bits per heavy atom. The molecule has 0 aliphatic heterocycles. The lowest BCUT2D eigenvalue weighted by atomic mass is 10.1. The summed E-state index contributed by atoms with van der Waals surface area (Å²) in [6.07, 6.45) is 0.0173. The van der Waals surface area contributed by atoms with Gasteiger partial charge in [-0.1, -0.05) is 0 Å². The summed E-state index contributed by atoms with van der Waals surface area (Å²) < 4.78 is 0.821. The second kappa shape index (κ2) is 3.20. The van der Waals surface area contributed by atoms with Crippen LogP contribution in [0.5, 0.6) is 11.5 Å². The van der Waals surface area contributed by atoms with Crippen LogP contribution in [0.3, 0.4) is 0 Å². The molecule has 0 aliphatic rings. The Hall–Kier alpha value is -1.73. The molecule has 3 nitrogen and oxygen atoms in total. The van der Waals surface area contributed by atoms with Crippen LogP contribution in [0.25, 0.3) is 10.1 Å². The van der Waals surface area contributed by atoms with Crippen LogP contribution in [0.1, 0.15) is 5.56 Å². The first kappa shape index (κ1) is 8.85. The van der Waals surface area contributed by atoms with Gasteiger partial charge in [0.2, 0.25) is 0 Å². The van der Waals surface area contributed by atoms with Gasteiger partial charge < -0.3 is 10.2 Å². The highest BCUT2D eigenvalue weighted by Gasteiger charge is 2.12. The number of nitriles is 1. The summed E-state index contributed by atoms with van der Waals surface area (Å²) in [7, 11) is 0. The monoisotopic (exact) mass is 205 g/mol. The molecule has 2 N–H and O–H groups in total. The van der Waals surface area contributed by atoms with E-state index >= 15 is 0 Å². The van der Waals surface area contributed by atoms with E-state index in [1.54, 1.807) is 12.1 Å². The molecule has 1 aromatic heterocycles. The Morgan fingerprint density at radius 1 is 1.43 bits per heavy atom. The minimum Gasteiger partial charge on any atom is -0.507 e. The highest BCUT2D eigenvalue weighted by Crippen LogP contribution is 2.38. The van der Waals surface area contributed by atoms with Gasteiger partial charge in [0.25, 0.3) is 0 Å². The van der Waals surface area contributed by atoms with Gasteiger partial charge in [0.05, 0.1) is 18.1 Å². The molecule has 0 saturated heterocycles. The van der Waals surface area contributed by atoms with E-state index in [1.807, 2.05) is 11.4 Å². The van der Waals surface area contributed by atoms with Gasteiger partial charge in [0.1, 0.15) is 11.5 Å². The molecule has 14 heavy (non-hydrogen) atoms. The zero-order valence-electron chi connectivity index (χ0n) is 7.19. The fourth-order valence-corrected chi connectivity index (χ4v) is 2.20. The van der Waals surface area contributed by atoms with Gasteiger partial charge in [-0.15, -0.1) is 11.3 Å². The first-order chi connectivity index (χ1) is 6.74. The highest BCUT2D eigenvalue weighted by molar-refractivity contribution is 7.17. The average Bonchev–Trinajstić information content (AvgIpc) is 2.60. The summed E-state index contributed by atoms with van der Waals surface area (Å²) in [5.41, 5.74) is 0.304. The summed E-state index contributed by atoms with van der Waals surface area (Å²) in [6, 6.07) is 5.26. The third kappa shape index (κ3) is 1.19. The maximum absolute atomic E-state index is 9.75. The maximum Gasteiger partial charge on any atom is 0.132 e. The molecule has 0 bridgehead atoms. The summed E-state index contributed by atoms with van der Waals surface area (Å²) in [5.74, 6) is 0.00167. The quantitative estimate of drug-likeness (QED) is 0.751. The second-order valence-electron chi connectivity index (χ2n) is 2.89. The molecule has 0 spiro atoms. The number of thiophene rings is 1. The molecular weight excluding hydrogens is 198 g/mol. The van der Waals surface area contributed by atoms with Gasteiger partial charge in [-0.05, 0) is 17.5 Å². The van der Waals surface area contributed by atoms with E-state index < -0.39 is 0 Å². The number of aromatic hydroxyl groups is 2. The number of benzene rings is 1. The minimum absolute atomic E-state index is 0.0148. The number of rotatable bonds is 1. The van der Waals surface area contributed by atoms with Crippen molar-refractivity contribution in [3.63, 3.8) is 0 Å². The lowest BCUT2D eigenvalue weighted by Crippen LogP contribution is -1.84. The number of hydrogen-bond donors (Lipinski definition) is 2. The van der Waals surface area contributed by atoms with Crippen molar-refractivity contribution in [2.45, 2.75) is 6.42 Å². The molecule has 2 aromatic rings. The predicted octanol–water partition coefficient (Wildman–Crippen LogP) is 2.38. The first-order valence-electron chi connectivity index (χ1n) is 4.02. The number of fused-ring (bicyclic) bond motifs is 1. The molecule has 70 valence electrons. The number of phenols is 2. The minimum atomic E-state index is -0.0148. The molecular formula is C10H7NO2S. The van der Waals surface area contributed by atoms with Gasteiger partial charge >= 0.3 is 0 Å². The van der Waals surface area contributed by atoms with Crippen molar-refractivity contribution in [2.75, 3.05) is 0 Å². The van der Waals surface area contributed by atoms with Crippen LogP contribution in [0.4, 0.5) is 0 Å². The van der Waals surface area contributed by atoms with Crippen LogP contribution in [-0.4, -0.2) is 10.2 Å². The molecule has 1 aromatic carbocycles. The molecule has 0 aliphatic carbocycles. The SMILES string of the molecule is N#CCc1c(O)cc2sccc2c1O. The summed E-state index contributed by atoms with van der Waals surface area (Å²) >= 11 is 1.44. The Morgan fingerprint density at radius 2 is 2.21 bits per heavy atom. The zero-order chi connectivity index (χ0) is 10.1. The largest absolute Gasteiger partial charge is 0.507 e. The molecule has 0 atom stereocenters. The van der Waals surface area contributed by atoms with Crippen molar-refractivity contribution in [2.24, 2.45) is 0 Å². The van der Waals surface area contributed by atoms with Crippen LogP contribution in [0, 0.1) is 11.3 Å². The Kier molecular flexibility index (Phi) is 2.02. The normalized spacial score (nSPS) is 10.2. The fourth-order valence-electron chi connectivity index (χ4n) is 1.38. The Balaban J connectivity index is 2.77. The van der Waals surface area contributed by atoms with Crippen molar-refractivity contribution < 1.29 is 10.2 Å². The van der Waals surface area contributed by atoms with Crippen LogP contribution >= 0.6 is 11.3 Å². The van der Waals surface area contributed by atoms with Crippen molar-refractivity contribution in [1.29, 1.82) is 5.26 Å². The maximum atomic E-state index is 9.75. The number of nitrogens with zero attached hydrogens (tertiary/aromatic N) is 1. The lowest BCUT2D eigenvalue weighted by molar-refractivity contribution is 0.446. The molecule has 0 fully saturated rings. The van der Waals surface area contributed by atoms with Gasteiger partial charge in [-0.25, -0.2) is 0 Å². The smallest absolute Gasteiger partial charge is 0.132 e. The van der Waals surface area contributed by atoms with Gasteiger partial charge in [-0.2, -0.15) is 5.26 Å². The fraction of sp³-hybridized carbons (Fsp3) is 0.100. The first-order valence-corrected chi connectivity index (χ1v) is 4.90. The van der Waals surface area contributed by atoms with E-state index in [0.29, 0.717) is 10.9 Å². The average molecular weight is 205 g/mol. The predicted molar refractivity (Wildman–Crippen MR) is 54.5 cm³/mol. The molecule has 4 heteroatoms. The highest BCUT2D eigenvalue weighted by atomic mass is 32.1. The van der Waals surface area contributed by atoms with E-state index in [9.17, 15) is 10.2 Å².